The molecule has 18 heavy (non-hydrogen) atoms. The molecule has 0 radical (unpaired) electrons. The van der Waals surface area contributed by atoms with Crippen molar-refractivity contribution < 1.29 is 0 Å². The summed E-state index contributed by atoms with van der Waals surface area (Å²) < 4.78 is 1.59. The topological polar surface area (TPSA) is 49.6 Å². The van der Waals surface area contributed by atoms with Crippen LogP contribution in [0.3, 0.4) is 0 Å². The zero-order chi connectivity index (χ0) is 12.5. The van der Waals surface area contributed by atoms with Crippen molar-refractivity contribution in [3.63, 3.8) is 0 Å². The lowest BCUT2D eigenvalue weighted by atomic mass is 10.2. The molecule has 1 N–H and O–H groups in total. The maximum Gasteiger partial charge on any atom is 0.258 e. The first kappa shape index (κ1) is 11.8. The van der Waals surface area contributed by atoms with E-state index in [2.05, 4.69) is 22.1 Å². The molecule has 3 rings (SSSR count). The highest BCUT2D eigenvalue weighted by Crippen LogP contribution is 2.09. The van der Waals surface area contributed by atoms with Crippen LogP contribution in [-0.4, -0.2) is 40.0 Å². The van der Waals surface area contributed by atoms with Gasteiger partial charge in [0, 0.05) is 49.9 Å². The van der Waals surface area contributed by atoms with Gasteiger partial charge in [0.05, 0.1) is 5.69 Å². The first-order valence-electron chi connectivity index (χ1n) is 6.14. The second-order valence-electron chi connectivity index (χ2n) is 4.73. The van der Waals surface area contributed by atoms with Crippen LogP contribution in [0.2, 0.25) is 0 Å². The third kappa shape index (κ3) is 2.31. The van der Waals surface area contributed by atoms with Gasteiger partial charge in [-0.25, -0.2) is 4.98 Å². The number of nitrogens with one attached hydrogen (secondary N) is 1. The minimum Gasteiger partial charge on any atom is -0.312 e. The van der Waals surface area contributed by atoms with Crippen LogP contribution in [0.25, 0.3) is 4.96 Å². The Morgan fingerprint density at radius 3 is 3.33 bits per heavy atom. The number of nitrogens with zero attached hydrogens (tertiary/aromatic N) is 3. The lowest BCUT2D eigenvalue weighted by Crippen LogP contribution is -2.48. The first-order valence-corrected chi connectivity index (χ1v) is 7.02. The molecule has 0 unspecified atom stereocenters. The molecule has 0 aliphatic carbocycles. The number of rotatable bonds is 2. The quantitative estimate of drug-likeness (QED) is 0.860. The Labute approximate surface area is 109 Å². The lowest BCUT2D eigenvalue weighted by Gasteiger charge is -2.31. The van der Waals surface area contributed by atoms with Crippen LogP contribution < -0.4 is 10.9 Å². The summed E-state index contributed by atoms with van der Waals surface area (Å²) in [6, 6.07) is 2.15. The number of hydrogen-bond donors (Lipinski definition) is 1. The largest absolute Gasteiger partial charge is 0.312 e. The molecule has 5 nitrogen and oxygen atoms in total. The van der Waals surface area contributed by atoms with E-state index in [4.69, 9.17) is 0 Å². The van der Waals surface area contributed by atoms with Gasteiger partial charge in [-0.2, -0.15) is 0 Å². The van der Waals surface area contributed by atoms with Crippen molar-refractivity contribution in [1.29, 1.82) is 0 Å². The number of hydrogen-bond acceptors (Lipinski definition) is 5. The van der Waals surface area contributed by atoms with Gasteiger partial charge >= 0.3 is 0 Å². The summed E-state index contributed by atoms with van der Waals surface area (Å²) in [5.41, 5.74) is 0.885. The predicted molar refractivity (Wildman–Crippen MR) is 72.1 cm³/mol. The number of thiazole rings is 1. The summed E-state index contributed by atoms with van der Waals surface area (Å²) in [6.07, 6.45) is 1.77. The van der Waals surface area contributed by atoms with Gasteiger partial charge in [0.2, 0.25) is 0 Å². The fourth-order valence-electron chi connectivity index (χ4n) is 2.35. The van der Waals surface area contributed by atoms with Gasteiger partial charge in [0.15, 0.2) is 4.96 Å². The van der Waals surface area contributed by atoms with Crippen molar-refractivity contribution in [1.82, 2.24) is 19.6 Å². The molecule has 1 saturated heterocycles. The van der Waals surface area contributed by atoms with Crippen molar-refractivity contribution >= 4 is 16.3 Å². The van der Waals surface area contributed by atoms with Crippen molar-refractivity contribution in [2.45, 2.75) is 19.5 Å². The Balaban J connectivity index is 1.83. The Bertz CT molecular complexity index is 605. The Morgan fingerprint density at radius 1 is 1.61 bits per heavy atom. The Hall–Kier alpha value is -1.24. The van der Waals surface area contributed by atoms with Crippen LogP contribution >= 0.6 is 11.3 Å². The van der Waals surface area contributed by atoms with Gasteiger partial charge in [-0.3, -0.25) is 14.1 Å². The van der Waals surface area contributed by atoms with E-state index in [1.165, 1.54) is 11.3 Å². The van der Waals surface area contributed by atoms with Gasteiger partial charge in [0.1, 0.15) is 0 Å². The number of fused-ring (bicyclic) bond motifs is 1. The highest BCUT2D eigenvalue weighted by molar-refractivity contribution is 7.15. The van der Waals surface area contributed by atoms with Crippen molar-refractivity contribution in [2.75, 3.05) is 19.6 Å². The molecule has 0 spiro atoms. The summed E-state index contributed by atoms with van der Waals surface area (Å²) in [4.78, 5) is 19.5. The highest BCUT2D eigenvalue weighted by atomic mass is 32.1. The third-order valence-electron chi connectivity index (χ3n) is 3.19. The molecule has 6 heteroatoms. The normalized spacial score (nSPS) is 21.5. The standard InChI is InChI=1S/C12H16N4OS/c1-9-7-15(3-2-13-9)8-10-6-11(17)16-4-5-18-12(16)14-10/h4-6,9,13H,2-3,7-8H2,1H3/t9-/m0/s1. The second-order valence-corrected chi connectivity index (χ2v) is 5.60. The third-order valence-corrected chi connectivity index (χ3v) is 3.95. The van der Waals surface area contributed by atoms with Crippen LogP contribution in [0.15, 0.2) is 22.4 Å². The summed E-state index contributed by atoms with van der Waals surface area (Å²) in [7, 11) is 0. The molecule has 2 aromatic rings. The molecular formula is C12H16N4OS. The van der Waals surface area contributed by atoms with Crippen LogP contribution in [-0.2, 0) is 6.54 Å². The second kappa shape index (κ2) is 4.79. The van der Waals surface area contributed by atoms with E-state index in [0.29, 0.717) is 6.04 Å². The number of piperazine rings is 1. The fourth-order valence-corrected chi connectivity index (χ4v) is 3.09. The summed E-state index contributed by atoms with van der Waals surface area (Å²) in [5, 5.41) is 5.30. The van der Waals surface area contributed by atoms with Crippen LogP contribution in [0.5, 0.6) is 0 Å². The van der Waals surface area contributed by atoms with E-state index in [1.807, 2.05) is 5.38 Å². The van der Waals surface area contributed by atoms with E-state index in [0.717, 1.165) is 36.8 Å². The number of aromatic nitrogens is 2. The minimum absolute atomic E-state index is 0.0134. The zero-order valence-electron chi connectivity index (χ0n) is 10.3. The predicted octanol–water partition coefficient (Wildman–Crippen LogP) is 0.550. The van der Waals surface area contributed by atoms with E-state index >= 15 is 0 Å². The van der Waals surface area contributed by atoms with E-state index in [-0.39, 0.29) is 5.56 Å². The van der Waals surface area contributed by atoms with Gasteiger partial charge in [0.25, 0.3) is 5.56 Å². The molecule has 1 fully saturated rings. The molecule has 1 aliphatic heterocycles. The van der Waals surface area contributed by atoms with Gasteiger partial charge < -0.3 is 5.32 Å². The van der Waals surface area contributed by atoms with Crippen LogP contribution in [0, 0.1) is 0 Å². The van der Waals surface area contributed by atoms with E-state index in [1.54, 1.807) is 16.7 Å². The van der Waals surface area contributed by atoms with Crippen molar-refractivity contribution in [3.05, 3.63) is 33.7 Å². The average Bonchev–Trinajstić information content (AvgIpc) is 2.77. The highest BCUT2D eigenvalue weighted by Gasteiger charge is 2.16. The molecule has 0 aromatic carbocycles. The maximum atomic E-state index is 11.9. The molecule has 0 bridgehead atoms. The lowest BCUT2D eigenvalue weighted by molar-refractivity contribution is 0.197. The summed E-state index contributed by atoms with van der Waals surface area (Å²) in [6.45, 7) is 5.95. The molecule has 1 aliphatic rings. The molecule has 96 valence electrons. The van der Waals surface area contributed by atoms with E-state index in [9.17, 15) is 4.79 Å². The van der Waals surface area contributed by atoms with Gasteiger partial charge in [-0.1, -0.05) is 0 Å². The SMILES string of the molecule is C[C@H]1CN(Cc2cc(=O)n3ccsc3n2)CCN1. The summed E-state index contributed by atoms with van der Waals surface area (Å²) >= 11 is 1.50. The zero-order valence-corrected chi connectivity index (χ0v) is 11.1. The Kier molecular flexibility index (Phi) is 3.15. The van der Waals surface area contributed by atoms with Crippen molar-refractivity contribution in [2.24, 2.45) is 0 Å². The van der Waals surface area contributed by atoms with E-state index < -0.39 is 0 Å². The average molecular weight is 264 g/mol. The van der Waals surface area contributed by atoms with Gasteiger partial charge in [-0.15, -0.1) is 11.3 Å². The molecule has 0 saturated carbocycles. The van der Waals surface area contributed by atoms with Crippen LogP contribution in [0.1, 0.15) is 12.6 Å². The maximum absolute atomic E-state index is 11.9. The van der Waals surface area contributed by atoms with Gasteiger partial charge in [-0.05, 0) is 6.92 Å². The van der Waals surface area contributed by atoms with Crippen molar-refractivity contribution in [3.8, 4) is 0 Å². The molecule has 3 heterocycles. The summed E-state index contributed by atoms with van der Waals surface area (Å²) in [5.74, 6) is 0. The molecular weight excluding hydrogens is 248 g/mol. The fraction of sp³-hybridized carbons (Fsp3) is 0.500. The first-order chi connectivity index (χ1) is 8.72. The Morgan fingerprint density at radius 2 is 2.50 bits per heavy atom. The minimum atomic E-state index is 0.0134. The molecule has 2 aromatic heterocycles. The molecule has 0 amide bonds. The monoisotopic (exact) mass is 264 g/mol. The molecule has 1 atom stereocenters. The van der Waals surface area contributed by atoms with Crippen LogP contribution in [0.4, 0.5) is 0 Å². The smallest absolute Gasteiger partial charge is 0.258 e.